The Morgan fingerprint density at radius 1 is 1.08 bits per heavy atom. The van der Waals surface area contributed by atoms with E-state index in [0.29, 0.717) is 6.04 Å². The molecule has 0 N–H and O–H groups in total. The van der Waals surface area contributed by atoms with Crippen LogP contribution in [0.4, 0.5) is 0 Å². The number of benzene rings is 2. The fourth-order valence-corrected chi connectivity index (χ4v) is 3.71. The Labute approximate surface area is 144 Å². The summed E-state index contributed by atoms with van der Waals surface area (Å²) in [5.41, 5.74) is 5.09. The topological polar surface area (TPSA) is 6.48 Å². The van der Waals surface area contributed by atoms with E-state index in [-0.39, 0.29) is 0 Å². The van der Waals surface area contributed by atoms with Gasteiger partial charge in [0.1, 0.15) is 0 Å². The second kappa shape index (κ2) is 6.55. The number of hydrogen-bond donors (Lipinski definition) is 0. The summed E-state index contributed by atoms with van der Waals surface area (Å²) in [6.45, 7) is 4.33. The second-order valence-electron chi connectivity index (χ2n) is 6.71. The zero-order chi connectivity index (χ0) is 16.4. The highest BCUT2D eigenvalue weighted by molar-refractivity contribution is 5.55. The first-order chi connectivity index (χ1) is 11.8. The highest BCUT2D eigenvalue weighted by atomic mass is 15.2. The summed E-state index contributed by atoms with van der Waals surface area (Å²) in [5, 5.41) is 0. The van der Waals surface area contributed by atoms with Crippen LogP contribution in [0.3, 0.4) is 0 Å². The molecule has 2 heteroatoms. The average molecular weight is 314 g/mol. The number of rotatable bonds is 3. The van der Waals surface area contributed by atoms with Crippen LogP contribution in [0.2, 0.25) is 0 Å². The van der Waals surface area contributed by atoms with Crippen molar-refractivity contribution < 1.29 is 0 Å². The van der Waals surface area contributed by atoms with Gasteiger partial charge in [0.2, 0.25) is 0 Å². The minimum atomic E-state index is 0.611. The van der Waals surface area contributed by atoms with Gasteiger partial charge in [0.05, 0.1) is 0 Å². The lowest BCUT2D eigenvalue weighted by molar-refractivity contribution is 0.247. The van der Waals surface area contributed by atoms with Gasteiger partial charge in [0, 0.05) is 44.0 Å². The molecule has 2 aliphatic rings. The highest BCUT2D eigenvalue weighted by Crippen LogP contribution is 2.25. The Kier molecular flexibility index (Phi) is 4.11. The SMILES string of the molecule is C#Cc1ccc(CN2CCC(N3C=Cc4ccccc4C3)C2)cc1. The van der Waals surface area contributed by atoms with E-state index in [1.54, 1.807) is 0 Å². The van der Waals surface area contributed by atoms with Crippen LogP contribution in [-0.4, -0.2) is 28.9 Å². The summed E-state index contributed by atoms with van der Waals surface area (Å²) in [6, 6.07) is 17.7. The second-order valence-corrected chi connectivity index (χ2v) is 6.71. The molecule has 0 aliphatic carbocycles. The molecule has 4 rings (SSSR count). The van der Waals surface area contributed by atoms with E-state index in [4.69, 9.17) is 6.42 Å². The number of hydrogen-bond acceptors (Lipinski definition) is 2. The maximum Gasteiger partial charge on any atom is 0.0433 e. The predicted octanol–water partition coefficient (Wildman–Crippen LogP) is 3.73. The van der Waals surface area contributed by atoms with Gasteiger partial charge >= 0.3 is 0 Å². The third-order valence-corrected chi connectivity index (χ3v) is 5.10. The van der Waals surface area contributed by atoms with Crippen molar-refractivity contribution in [2.45, 2.75) is 25.6 Å². The monoisotopic (exact) mass is 314 g/mol. The molecule has 24 heavy (non-hydrogen) atoms. The minimum Gasteiger partial charge on any atom is -0.369 e. The van der Waals surface area contributed by atoms with Crippen LogP contribution in [0.25, 0.3) is 6.08 Å². The molecule has 2 aromatic rings. The summed E-state index contributed by atoms with van der Waals surface area (Å²) >= 11 is 0. The third kappa shape index (κ3) is 3.09. The smallest absolute Gasteiger partial charge is 0.0433 e. The molecule has 0 aromatic heterocycles. The lowest BCUT2D eigenvalue weighted by atomic mass is 10.0. The summed E-state index contributed by atoms with van der Waals surface area (Å²) in [6.07, 6.45) is 11.2. The number of nitrogens with zero attached hydrogens (tertiary/aromatic N) is 2. The molecule has 120 valence electrons. The lowest BCUT2D eigenvalue weighted by Crippen LogP contribution is -2.34. The molecule has 1 unspecified atom stereocenters. The van der Waals surface area contributed by atoms with Crippen LogP contribution in [0.15, 0.2) is 54.7 Å². The Hall–Kier alpha value is -2.50. The largest absolute Gasteiger partial charge is 0.369 e. The van der Waals surface area contributed by atoms with E-state index < -0.39 is 0 Å². The van der Waals surface area contributed by atoms with Crippen molar-refractivity contribution in [3.8, 4) is 12.3 Å². The van der Waals surface area contributed by atoms with Gasteiger partial charge in [-0.1, -0.05) is 42.3 Å². The maximum atomic E-state index is 5.43. The van der Waals surface area contributed by atoms with E-state index in [2.05, 4.69) is 64.4 Å². The van der Waals surface area contributed by atoms with Crippen molar-refractivity contribution in [1.82, 2.24) is 9.80 Å². The van der Waals surface area contributed by atoms with Gasteiger partial charge in [-0.05, 0) is 41.3 Å². The van der Waals surface area contributed by atoms with E-state index in [1.165, 1.54) is 23.1 Å². The number of fused-ring (bicyclic) bond motifs is 1. The highest BCUT2D eigenvalue weighted by Gasteiger charge is 2.27. The van der Waals surface area contributed by atoms with Crippen molar-refractivity contribution in [2.24, 2.45) is 0 Å². The van der Waals surface area contributed by atoms with Crippen molar-refractivity contribution in [1.29, 1.82) is 0 Å². The summed E-state index contributed by atoms with van der Waals surface area (Å²) in [7, 11) is 0. The van der Waals surface area contributed by atoms with Crippen molar-refractivity contribution >= 4 is 6.08 Å². The van der Waals surface area contributed by atoms with Gasteiger partial charge in [-0.2, -0.15) is 0 Å². The van der Waals surface area contributed by atoms with Gasteiger partial charge in [-0.25, -0.2) is 0 Å². The van der Waals surface area contributed by atoms with Crippen LogP contribution in [0.1, 0.15) is 28.7 Å². The van der Waals surface area contributed by atoms with E-state index in [1.807, 2.05) is 12.1 Å². The predicted molar refractivity (Wildman–Crippen MR) is 99.1 cm³/mol. The van der Waals surface area contributed by atoms with Crippen LogP contribution in [-0.2, 0) is 13.1 Å². The normalized spacial score (nSPS) is 20.0. The van der Waals surface area contributed by atoms with Gasteiger partial charge in [0.25, 0.3) is 0 Å². The molecule has 1 fully saturated rings. The Balaban J connectivity index is 1.38. The maximum absolute atomic E-state index is 5.43. The zero-order valence-corrected chi connectivity index (χ0v) is 13.9. The van der Waals surface area contributed by atoms with Crippen LogP contribution >= 0.6 is 0 Å². The zero-order valence-electron chi connectivity index (χ0n) is 13.9. The summed E-state index contributed by atoms with van der Waals surface area (Å²) in [5.74, 6) is 2.68. The Morgan fingerprint density at radius 2 is 1.92 bits per heavy atom. The molecule has 0 spiro atoms. The summed E-state index contributed by atoms with van der Waals surface area (Å²) < 4.78 is 0. The van der Waals surface area contributed by atoms with Gasteiger partial charge in [-0.3, -0.25) is 4.90 Å². The molecule has 2 nitrogen and oxygen atoms in total. The molecule has 2 aliphatic heterocycles. The molecule has 2 heterocycles. The molecule has 0 saturated carbocycles. The molecule has 1 saturated heterocycles. The van der Waals surface area contributed by atoms with Crippen LogP contribution < -0.4 is 0 Å². The molecular formula is C22H22N2. The van der Waals surface area contributed by atoms with Crippen LogP contribution in [0.5, 0.6) is 0 Å². The Morgan fingerprint density at radius 3 is 2.75 bits per heavy atom. The third-order valence-electron chi connectivity index (χ3n) is 5.10. The molecule has 0 amide bonds. The van der Waals surface area contributed by atoms with Crippen molar-refractivity contribution in [3.63, 3.8) is 0 Å². The first kappa shape index (κ1) is 15.1. The number of terminal acetylenes is 1. The van der Waals surface area contributed by atoms with Crippen LogP contribution in [0, 0.1) is 12.3 Å². The molecule has 0 radical (unpaired) electrons. The van der Waals surface area contributed by atoms with E-state index in [0.717, 1.165) is 31.7 Å². The molecule has 1 atom stereocenters. The van der Waals surface area contributed by atoms with E-state index >= 15 is 0 Å². The molecule has 2 aromatic carbocycles. The minimum absolute atomic E-state index is 0.611. The van der Waals surface area contributed by atoms with Gasteiger partial charge in [0.15, 0.2) is 0 Å². The molecule has 0 bridgehead atoms. The van der Waals surface area contributed by atoms with Crippen molar-refractivity contribution in [2.75, 3.05) is 13.1 Å². The standard InChI is InChI=1S/C22H22N2/c1-2-18-7-9-19(10-8-18)15-23-13-12-22(17-23)24-14-11-20-5-3-4-6-21(20)16-24/h1,3-11,14,22H,12-13,15-17H2. The van der Waals surface area contributed by atoms with Gasteiger partial charge < -0.3 is 4.90 Å². The molecular weight excluding hydrogens is 292 g/mol. The summed E-state index contributed by atoms with van der Waals surface area (Å²) in [4.78, 5) is 5.05. The number of likely N-dealkylation sites (tertiary alicyclic amines) is 1. The van der Waals surface area contributed by atoms with Gasteiger partial charge in [-0.15, -0.1) is 6.42 Å². The lowest BCUT2D eigenvalue weighted by Gasteiger charge is -2.31. The average Bonchev–Trinajstić information content (AvgIpc) is 3.10. The quantitative estimate of drug-likeness (QED) is 0.797. The van der Waals surface area contributed by atoms with Crippen molar-refractivity contribution in [3.05, 3.63) is 77.0 Å². The fraction of sp³-hybridized carbons (Fsp3) is 0.273. The van der Waals surface area contributed by atoms with E-state index in [9.17, 15) is 0 Å². The fourth-order valence-electron chi connectivity index (χ4n) is 3.71. The first-order valence-corrected chi connectivity index (χ1v) is 8.61. The first-order valence-electron chi connectivity index (χ1n) is 8.61. The Bertz CT molecular complexity index is 782.